The summed E-state index contributed by atoms with van der Waals surface area (Å²) in [5.41, 5.74) is 2.89. The lowest BCUT2D eigenvalue weighted by molar-refractivity contribution is 0.292. The molecule has 0 aliphatic heterocycles. The zero-order valence-corrected chi connectivity index (χ0v) is 19.0. The van der Waals surface area contributed by atoms with Crippen LogP contribution >= 0.6 is 11.6 Å². The summed E-state index contributed by atoms with van der Waals surface area (Å²) in [6.07, 6.45) is 3.70. The summed E-state index contributed by atoms with van der Waals surface area (Å²) in [7, 11) is 0. The molecule has 162 valence electrons. The van der Waals surface area contributed by atoms with Gasteiger partial charge in [0.15, 0.2) is 0 Å². The molecule has 5 nitrogen and oxygen atoms in total. The number of pyridine rings is 1. The smallest absolute Gasteiger partial charge is 0.266 e. The van der Waals surface area contributed by atoms with E-state index in [1.165, 1.54) is 0 Å². The van der Waals surface area contributed by atoms with Gasteiger partial charge in [-0.25, -0.2) is 4.98 Å². The summed E-state index contributed by atoms with van der Waals surface area (Å²) in [6.45, 7) is 7.04. The monoisotopic (exact) mass is 444 g/mol. The minimum Gasteiger partial charge on any atom is -0.298 e. The first-order chi connectivity index (χ1) is 15.6. The average molecular weight is 445 g/mol. The standard InChI is InChI=1S/C26H25ClN4O/c1-3-30(4-2)18-20-11-9-10-19(28-20)16-17-25-29-23-14-7-5-12-21(23)26(32)31(25)24-15-8-6-13-22(24)27/h5-17H,3-4,18H2,1-2H3. The number of aromatic nitrogens is 3. The van der Waals surface area contributed by atoms with Crippen LogP contribution in [-0.4, -0.2) is 32.5 Å². The Balaban J connectivity index is 1.80. The molecule has 2 aromatic carbocycles. The van der Waals surface area contributed by atoms with Crippen LogP contribution in [0.3, 0.4) is 0 Å². The van der Waals surface area contributed by atoms with Crippen molar-refractivity contribution in [3.05, 3.63) is 99.3 Å². The highest BCUT2D eigenvalue weighted by molar-refractivity contribution is 6.32. The molecule has 0 N–H and O–H groups in total. The van der Waals surface area contributed by atoms with Crippen LogP contribution in [0.15, 0.2) is 71.5 Å². The van der Waals surface area contributed by atoms with Crippen LogP contribution in [0.2, 0.25) is 5.02 Å². The summed E-state index contributed by atoms with van der Waals surface area (Å²) >= 11 is 6.44. The molecule has 2 heterocycles. The molecule has 0 saturated heterocycles. The Hall–Kier alpha value is -3.28. The fourth-order valence-corrected chi connectivity index (χ4v) is 3.86. The lowest BCUT2D eigenvalue weighted by atomic mass is 10.2. The molecule has 0 spiro atoms. The maximum absolute atomic E-state index is 13.4. The molecule has 4 aromatic rings. The molecule has 0 amide bonds. The molecular weight excluding hydrogens is 420 g/mol. The number of fused-ring (bicyclic) bond motifs is 1. The van der Waals surface area contributed by atoms with Crippen molar-refractivity contribution in [1.29, 1.82) is 0 Å². The molecule has 4 rings (SSSR count). The van der Waals surface area contributed by atoms with Crippen molar-refractivity contribution >= 4 is 34.7 Å². The van der Waals surface area contributed by atoms with Crippen molar-refractivity contribution in [1.82, 2.24) is 19.4 Å². The lowest BCUT2D eigenvalue weighted by Crippen LogP contribution is -2.23. The number of hydrogen-bond donors (Lipinski definition) is 0. The normalized spacial score (nSPS) is 11.6. The fourth-order valence-electron chi connectivity index (χ4n) is 3.64. The Bertz CT molecular complexity index is 1320. The maximum Gasteiger partial charge on any atom is 0.266 e. The zero-order chi connectivity index (χ0) is 22.5. The second-order valence-electron chi connectivity index (χ2n) is 7.43. The molecule has 0 unspecified atom stereocenters. The Labute approximate surface area is 192 Å². The average Bonchev–Trinajstić information content (AvgIpc) is 2.82. The van der Waals surface area contributed by atoms with Crippen molar-refractivity contribution < 1.29 is 0 Å². The van der Waals surface area contributed by atoms with E-state index >= 15 is 0 Å². The first-order valence-corrected chi connectivity index (χ1v) is 11.1. The third-order valence-electron chi connectivity index (χ3n) is 5.41. The Morgan fingerprint density at radius 2 is 1.66 bits per heavy atom. The van der Waals surface area contributed by atoms with Gasteiger partial charge in [0.2, 0.25) is 0 Å². The number of halogens is 1. The highest BCUT2D eigenvalue weighted by Crippen LogP contribution is 2.22. The van der Waals surface area contributed by atoms with E-state index in [-0.39, 0.29) is 5.56 Å². The van der Waals surface area contributed by atoms with E-state index < -0.39 is 0 Å². The molecule has 2 aromatic heterocycles. The van der Waals surface area contributed by atoms with Crippen molar-refractivity contribution in [2.24, 2.45) is 0 Å². The first kappa shape index (κ1) is 21.9. The molecule has 32 heavy (non-hydrogen) atoms. The van der Waals surface area contributed by atoms with E-state index in [0.717, 1.165) is 31.0 Å². The topological polar surface area (TPSA) is 51.0 Å². The van der Waals surface area contributed by atoms with Crippen molar-refractivity contribution in [3.8, 4) is 5.69 Å². The third kappa shape index (κ3) is 4.64. The van der Waals surface area contributed by atoms with Gasteiger partial charge in [0.05, 0.1) is 33.0 Å². The van der Waals surface area contributed by atoms with Crippen LogP contribution in [0.4, 0.5) is 0 Å². The SMILES string of the molecule is CCN(CC)Cc1cccc(C=Cc2nc3ccccc3c(=O)n2-c2ccccc2Cl)n1. The van der Waals surface area contributed by atoms with Gasteiger partial charge in [-0.1, -0.05) is 55.8 Å². The third-order valence-corrected chi connectivity index (χ3v) is 5.73. The lowest BCUT2D eigenvalue weighted by Gasteiger charge is -2.17. The van der Waals surface area contributed by atoms with Gasteiger partial charge < -0.3 is 0 Å². The number of benzene rings is 2. The van der Waals surface area contributed by atoms with Gasteiger partial charge in [0.25, 0.3) is 5.56 Å². The number of rotatable bonds is 7. The summed E-state index contributed by atoms with van der Waals surface area (Å²) < 4.78 is 1.56. The summed E-state index contributed by atoms with van der Waals surface area (Å²) in [5.74, 6) is 0.498. The van der Waals surface area contributed by atoms with Gasteiger partial charge in [-0.15, -0.1) is 0 Å². The largest absolute Gasteiger partial charge is 0.298 e. The van der Waals surface area contributed by atoms with Gasteiger partial charge >= 0.3 is 0 Å². The van der Waals surface area contributed by atoms with E-state index in [9.17, 15) is 4.79 Å². The van der Waals surface area contributed by atoms with Crippen LogP contribution < -0.4 is 5.56 Å². The van der Waals surface area contributed by atoms with E-state index in [2.05, 4.69) is 18.7 Å². The predicted octanol–water partition coefficient (Wildman–Crippen LogP) is 5.45. The van der Waals surface area contributed by atoms with Crippen LogP contribution in [-0.2, 0) is 6.54 Å². The number of para-hydroxylation sites is 2. The molecule has 0 bridgehead atoms. The van der Waals surface area contributed by atoms with Crippen LogP contribution in [0.1, 0.15) is 31.1 Å². The van der Waals surface area contributed by atoms with E-state index in [1.807, 2.05) is 66.7 Å². The van der Waals surface area contributed by atoms with E-state index in [4.69, 9.17) is 21.6 Å². The molecule has 0 fully saturated rings. The summed E-state index contributed by atoms with van der Waals surface area (Å²) in [6, 6.07) is 20.6. The maximum atomic E-state index is 13.4. The zero-order valence-electron chi connectivity index (χ0n) is 18.2. The Morgan fingerprint density at radius 3 is 2.44 bits per heavy atom. The van der Waals surface area contributed by atoms with E-state index in [0.29, 0.717) is 27.4 Å². The molecule has 0 radical (unpaired) electrons. The van der Waals surface area contributed by atoms with Crippen molar-refractivity contribution in [2.75, 3.05) is 13.1 Å². The molecular formula is C26H25ClN4O. The van der Waals surface area contributed by atoms with E-state index in [1.54, 1.807) is 16.7 Å². The minimum absolute atomic E-state index is 0.161. The Morgan fingerprint density at radius 1 is 0.906 bits per heavy atom. The van der Waals surface area contributed by atoms with Crippen LogP contribution in [0, 0.1) is 0 Å². The van der Waals surface area contributed by atoms with Gasteiger partial charge in [-0.05, 0) is 61.6 Å². The highest BCUT2D eigenvalue weighted by Gasteiger charge is 2.13. The van der Waals surface area contributed by atoms with Gasteiger partial charge in [0, 0.05) is 6.54 Å². The molecule has 6 heteroatoms. The molecule has 0 aliphatic rings. The van der Waals surface area contributed by atoms with Crippen molar-refractivity contribution in [3.63, 3.8) is 0 Å². The predicted molar refractivity (Wildman–Crippen MR) is 132 cm³/mol. The molecule has 0 atom stereocenters. The summed E-state index contributed by atoms with van der Waals surface area (Å²) in [4.78, 5) is 25.2. The molecule has 0 saturated carbocycles. The van der Waals surface area contributed by atoms with Crippen molar-refractivity contribution in [2.45, 2.75) is 20.4 Å². The minimum atomic E-state index is -0.161. The number of hydrogen-bond acceptors (Lipinski definition) is 4. The second kappa shape index (κ2) is 9.90. The van der Waals surface area contributed by atoms with Gasteiger partial charge in [-0.2, -0.15) is 0 Å². The molecule has 0 aliphatic carbocycles. The Kier molecular flexibility index (Phi) is 6.78. The van der Waals surface area contributed by atoms with Gasteiger partial charge in [0.1, 0.15) is 5.82 Å². The highest BCUT2D eigenvalue weighted by atomic mass is 35.5. The fraction of sp³-hybridized carbons (Fsp3) is 0.192. The quantitative estimate of drug-likeness (QED) is 0.380. The second-order valence-corrected chi connectivity index (χ2v) is 7.83. The van der Waals surface area contributed by atoms with Gasteiger partial charge in [-0.3, -0.25) is 19.2 Å². The number of nitrogens with zero attached hydrogens (tertiary/aromatic N) is 4. The first-order valence-electron chi connectivity index (χ1n) is 10.7. The summed E-state index contributed by atoms with van der Waals surface area (Å²) in [5, 5.41) is 1.03. The van der Waals surface area contributed by atoms with Crippen LogP contribution in [0.25, 0.3) is 28.7 Å². The van der Waals surface area contributed by atoms with Crippen LogP contribution in [0.5, 0.6) is 0 Å².